The van der Waals surface area contributed by atoms with Gasteiger partial charge >= 0.3 is 6.03 Å². The number of amides is 2. The molecule has 1 atom stereocenters. The predicted octanol–water partition coefficient (Wildman–Crippen LogP) is 0.378. The molecular formula is C15H25N5O2. The molecule has 2 fully saturated rings. The van der Waals surface area contributed by atoms with E-state index in [0.717, 1.165) is 13.1 Å². The van der Waals surface area contributed by atoms with Crippen LogP contribution in [-0.4, -0.2) is 81.8 Å². The molecule has 0 spiro atoms. The summed E-state index contributed by atoms with van der Waals surface area (Å²) < 4.78 is 2.25. The number of aliphatic hydroxyl groups is 1. The highest BCUT2D eigenvalue weighted by atomic mass is 16.3. The second-order valence-electron chi connectivity index (χ2n) is 6.54. The van der Waals surface area contributed by atoms with Crippen molar-refractivity contribution < 1.29 is 9.90 Å². The number of hydrogen-bond acceptors (Lipinski definition) is 4. The summed E-state index contributed by atoms with van der Waals surface area (Å²) in [6.45, 7) is 3.18. The van der Waals surface area contributed by atoms with Gasteiger partial charge in [0.25, 0.3) is 0 Å². The van der Waals surface area contributed by atoms with Gasteiger partial charge in [-0.25, -0.2) is 9.78 Å². The Hall–Kier alpha value is -1.60. The number of urea groups is 1. The van der Waals surface area contributed by atoms with E-state index in [9.17, 15) is 9.90 Å². The van der Waals surface area contributed by atoms with Crippen molar-refractivity contribution in [1.29, 1.82) is 0 Å². The van der Waals surface area contributed by atoms with Crippen molar-refractivity contribution in [2.45, 2.75) is 31.5 Å². The number of aliphatic hydroxyl groups excluding tert-OH is 1. The number of rotatable bonds is 3. The molecule has 0 aromatic carbocycles. The molecule has 1 aliphatic heterocycles. The number of hydrogen-bond donors (Lipinski definition) is 1. The third-order valence-electron chi connectivity index (χ3n) is 4.31. The minimum absolute atomic E-state index is 0.0380. The molecule has 122 valence electrons. The van der Waals surface area contributed by atoms with Gasteiger partial charge in [0.1, 0.15) is 0 Å². The van der Waals surface area contributed by atoms with Crippen LogP contribution in [0.3, 0.4) is 0 Å². The lowest BCUT2D eigenvalue weighted by atomic mass is 10.3. The molecule has 3 rings (SSSR count). The Morgan fingerprint density at radius 1 is 1.36 bits per heavy atom. The van der Waals surface area contributed by atoms with Crippen LogP contribution in [0.4, 0.5) is 4.79 Å². The standard InChI is InChI=1S/C15H25N5O2/c1-17(2)15(22)19-6-5-18(9-14(21)10-19)8-13-7-16-11-20(13)12-3-4-12/h7,11-12,14,21H,3-6,8-10H2,1-2H3. The van der Waals surface area contributed by atoms with Gasteiger partial charge in [-0.1, -0.05) is 0 Å². The minimum Gasteiger partial charge on any atom is -0.390 e. The summed E-state index contributed by atoms with van der Waals surface area (Å²) in [7, 11) is 3.48. The minimum atomic E-state index is -0.510. The monoisotopic (exact) mass is 307 g/mol. The topological polar surface area (TPSA) is 64.8 Å². The van der Waals surface area contributed by atoms with E-state index in [1.54, 1.807) is 23.9 Å². The first kappa shape index (κ1) is 15.3. The van der Waals surface area contributed by atoms with E-state index in [1.165, 1.54) is 18.5 Å². The smallest absolute Gasteiger partial charge is 0.319 e. The Morgan fingerprint density at radius 3 is 2.82 bits per heavy atom. The van der Waals surface area contributed by atoms with E-state index < -0.39 is 6.10 Å². The highest BCUT2D eigenvalue weighted by molar-refractivity contribution is 5.73. The molecule has 1 aromatic rings. The van der Waals surface area contributed by atoms with E-state index in [0.29, 0.717) is 25.7 Å². The molecule has 22 heavy (non-hydrogen) atoms. The van der Waals surface area contributed by atoms with Gasteiger partial charge in [0, 0.05) is 59.1 Å². The van der Waals surface area contributed by atoms with Crippen LogP contribution >= 0.6 is 0 Å². The first-order valence-electron chi connectivity index (χ1n) is 7.92. The van der Waals surface area contributed by atoms with Gasteiger partial charge in [-0.05, 0) is 12.8 Å². The van der Waals surface area contributed by atoms with E-state index in [2.05, 4.69) is 14.5 Å². The molecule has 1 unspecified atom stereocenters. The van der Waals surface area contributed by atoms with Crippen molar-refractivity contribution in [2.75, 3.05) is 40.3 Å². The molecule has 2 heterocycles. The summed E-state index contributed by atoms with van der Waals surface area (Å²) in [6, 6.07) is 0.574. The number of aromatic nitrogens is 2. The lowest BCUT2D eigenvalue weighted by Crippen LogP contribution is -2.43. The largest absolute Gasteiger partial charge is 0.390 e. The molecule has 1 saturated heterocycles. The average Bonchev–Trinajstić information content (AvgIpc) is 3.24. The van der Waals surface area contributed by atoms with Crippen molar-refractivity contribution in [3.8, 4) is 0 Å². The van der Waals surface area contributed by atoms with Crippen LogP contribution in [0.25, 0.3) is 0 Å². The molecule has 7 heteroatoms. The number of carbonyl (C=O) groups excluding carboxylic acids is 1. The highest BCUT2D eigenvalue weighted by Gasteiger charge is 2.28. The van der Waals surface area contributed by atoms with Gasteiger partial charge in [-0.3, -0.25) is 4.90 Å². The zero-order chi connectivity index (χ0) is 15.7. The molecule has 2 amide bonds. The second-order valence-corrected chi connectivity index (χ2v) is 6.54. The molecule has 7 nitrogen and oxygen atoms in total. The maximum Gasteiger partial charge on any atom is 0.319 e. The van der Waals surface area contributed by atoms with E-state index in [1.807, 2.05) is 12.5 Å². The van der Waals surface area contributed by atoms with Crippen molar-refractivity contribution in [3.63, 3.8) is 0 Å². The Labute approximate surface area is 131 Å². The van der Waals surface area contributed by atoms with Crippen LogP contribution in [0.15, 0.2) is 12.5 Å². The van der Waals surface area contributed by atoms with Crippen molar-refractivity contribution in [3.05, 3.63) is 18.2 Å². The summed E-state index contributed by atoms with van der Waals surface area (Å²) in [5.41, 5.74) is 1.20. The quantitative estimate of drug-likeness (QED) is 0.877. The Morgan fingerprint density at radius 2 is 2.14 bits per heavy atom. The maximum absolute atomic E-state index is 12.1. The Kier molecular flexibility index (Phi) is 4.35. The molecule has 1 aliphatic carbocycles. The van der Waals surface area contributed by atoms with Crippen LogP contribution in [0, 0.1) is 0 Å². The van der Waals surface area contributed by atoms with Crippen LogP contribution < -0.4 is 0 Å². The van der Waals surface area contributed by atoms with E-state index >= 15 is 0 Å². The predicted molar refractivity (Wildman–Crippen MR) is 82.4 cm³/mol. The first-order valence-corrected chi connectivity index (χ1v) is 7.92. The van der Waals surface area contributed by atoms with Crippen molar-refractivity contribution >= 4 is 6.03 Å². The van der Waals surface area contributed by atoms with Gasteiger partial charge < -0.3 is 19.5 Å². The fraction of sp³-hybridized carbons (Fsp3) is 0.733. The van der Waals surface area contributed by atoms with Crippen molar-refractivity contribution in [2.24, 2.45) is 0 Å². The zero-order valence-corrected chi connectivity index (χ0v) is 13.4. The van der Waals surface area contributed by atoms with Gasteiger partial charge in [0.15, 0.2) is 0 Å². The lowest BCUT2D eigenvalue weighted by Gasteiger charge is -2.25. The zero-order valence-electron chi connectivity index (χ0n) is 13.4. The Balaban J connectivity index is 1.63. The van der Waals surface area contributed by atoms with Crippen LogP contribution in [0.1, 0.15) is 24.6 Å². The molecule has 1 aromatic heterocycles. The summed E-state index contributed by atoms with van der Waals surface area (Å²) in [6.07, 6.45) is 5.78. The maximum atomic E-state index is 12.1. The van der Waals surface area contributed by atoms with Crippen LogP contribution in [0.5, 0.6) is 0 Å². The van der Waals surface area contributed by atoms with Crippen LogP contribution in [-0.2, 0) is 6.54 Å². The third-order valence-corrected chi connectivity index (χ3v) is 4.31. The fourth-order valence-corrected chi connectivity index (χ4v) is 3.02. The normalized spacial score (nSPS) is 23.4. The lowest BCUT2D eigenvalue weighted by molar-refractivity contribution is 0.106. The summed E-state index contributed by atoms with van der Waals surface area (Å²) >= 11 is 0. The Bertz CT molecular complexity index is 526. The fourth-order valence-electron chi connectivity index (χ4n) is 3.02. The molecular weight excluding hydrogens is 282 g/mol. The summed E-state index contributed by atoms with van der Waals surface area (Å²) in [5, 5.41) is 10.2. The average molecular weight is 307 g/mol. The summed E-state index contributed by atoms with van der Waals surface area (Å²) in [5.74, 6) is 0. The molecule has 0 radical (unpaired) electrons. The number of nitrogens with zero attached hydrogens (tertiary/aromatic N) is 5. The molecule has 2 aliphatic rings. The van der Waals surface area contributed by atoms with E-state index in [4.69, 9.17) is 0 Å². The molecule has 1 N–H and O–H groups in total. The number of carbonyl (C=O) groups is 1. The van der Waals surface area contributed by atoms with Crippen molar-refractivity contribution in [1.82, 2.24) is 24.3 Å². The molecule has 1 saturated carbocycles. The number of β-amino-alcohol motifs (C(OH)–C–C–N with tert-alkyl or cyclic N) is 1. The van der Waals surface area contributed by atoms with Gasteiger partial charge in [0.2, 0.25) is 0 Å². The van der Waals surface area contributed by atoms with Gasteiger partial charge in [0.05, 0.1) is 18.1 Å². The van der Waals surface area contributed by atoms with E-state index in [-0.39, 0.29) is 6.03 Å². The van der Waals surface area contributed by atoms with Crippen LogP contribution in [0.2, 0.25) is 0 Å². The highest BCUT2D eigenvalue weighted by Crippen LogP contribution is 2.35. The SMILES string of the molecule is CN(C)C(=O)N1CCN(Cc2cncn2C2CC2)CC(O)C1. The second kappa shape index (κ2) is 6.26. The number of imidazole rings is 1. The first-order chi connectivity index (χ1) is 10.5. The summed E-state index contributed by atoms with van der Waals surface area (Å²) in [4.78, 5) is 21.8. The molecule has 0 bridgehead atoms. The van der Waals surface area contributed by atoms with Gasteiger partial charge in [-0.15, -0.1) is 0 Å². The third kappa shape index (κ3) is 3.41. The van der Waals surface area contributed by atoms with Gasteiger partial charge in [-0.2, -0.15) is 0 Å².